The van der Waals surface area contributed by atoms with Crippen molar-refractivity contribution in [3.8, 4) is 0 Å². The van der Waals surface area contributed by atoms with Crippen LogP contribution in [0.15, 0.2) is 26.7 Å². The number of carbonyl (C=O) groups excluding carboxylic acids is 5. The highest BCUT2D eigenvalue weighted by Gasteiger charge is 2.18. The molecule has 12 N–H and O–H groups in total. The largest absolute Gasteiger partial charge is 0.451 e. The first-order valence-corrected chi connectivity index (χ1v) is 45.3. The van der Waals surface area contributed by atoms with E-state index in [4.69, 9.17) is 15.5 Å². The van der Waals surface area contributed by atoms with Crippen LogP contribution in [-0.4, -0.2) is 211 Å². The van der Waals surface area contributed by atoms with Gasteiger partial charge in [0.15, 0.2) is 16.1 Å². The molecule has 1 heterocycles. The number of aliphatic hydroxyl groups excluding tert-OH is 1. The van der Waals surface area contributed by atoms with Crippen LogP contribution in [0.3, 0.4) is 0 Å². The minimum atomic E-state index is -3.26. The van der Waals surface area contributed by atoms with Crippen LogP contribution in [0.2, 0.25) is 0 Å². The van der Waals surface area contributed by atoms with Crippen LogP contribution >= 0.6 is 11.3 Å². The molecule has 0 unspecified atom stereocenters. The van der Waals surface area contributed by atoms with E-state index in [1.54, 1.807) is 44.4 Å². The van der Waals surface area contributed by atoms with E-state index in [-0.39, 0.29) is 51.8 Å². The van der Waals surface area contributed by atoms with Crippen LogP contribution < -0.4 is 47.3 Å². The maximum Gasteiger partial charge on any atom is 0.433 e. The number of thiazole rings is 1. The van der Waals surface area contributed by atoms with Gasteiger partial charge in [-0.15, -0.1) is 11.3 Å². The lowest BCUT2D eigenvalue weighted by atomic mass is 9.90. The average molecular weight is 1730 g/mol. The Labute approximate surface area is 724 Å². The molecule has 5 amide bonds. The van der Waals surface area contributed by atoms with Crippen LogP contribution in [0.1, 0.15) is 323 Å². The molecule has 0 spiro atoms. The Hall–Kier alpha value is -6.38. The summed E-state index contributed by atoms with van der Waals surface area (Å²) in [5.74, 6) is 2.66. The lowest BCUT2D eigenvalue weighted by Gasteiger charge is -2.19. The summed E-state index contributed by atoms with van der Waals surface area (Å²) in [5, 5.41) is 66.6. The zero-order valence-corrected chi connectivity index (χ0v) is 83.3. The van der Waals surface area contributed by atoms with Crippen molar-refractivity contribution in [1.82, 2.24) is 61.9 Å². The third-order valence-electron chi connectivity index (χ3n) is 15.8. The van der Waals surface area contributed by atoms with Gasteiger partial charge in [-0.05, 0) is 165 Å². The smallest absolute Gasteiger partial charge is 0.433 e. The van der Waals surface area contributed by atoms with Crippen molar-refractivity contribution in [2.24, 2.45) is 70.7 Å². The van der Waals surface area contributed by atoms with E-state index in [1.165, 1.54) is 39.7 Å². The van der Waals surface area contributed by atoms with Gasteiger partial charge >= 0.3 is 6.09 Å². The Morgan fingerprint density at radius 3 is 1.26 bits per heavy atom. The molecule has 0 aliphatic heterocycles. The molecule has 32 heteroatoms. The number of sulfonamides is 1. The number of aliphatic hydroxyl groups is 1. The van der Waals surface area contributed by atoms with E-state index in [1.807, 2.05) is 39.4 Å². The van der Waals surface area contributed by atoms with Crippen molar-refractivity contribution < 1.29 is 57.7 Å². The molecule has 30 nitrogen and oxygen atoms in total. The number of amides is 5. The topological polar surface area (TPSA) is 401 Å². The number of hydrazone groups is 1. The van der Waals surface area contributed by atoms with Gasteiger partial charge in [0.1, 0.15) is 11.7 Å². The molecule has 0 saturated carbocycles. The van der Waals surface area contributed by atoms with E-state index in [2.05, 4.69) is 245 Å². The van der Waals surface area contributed by atoms with Gasteiger partial charge in [0, 0.05) is 118 Å². The molecule has 0 fully saturated rings. The number of nitrogens with one attached hydrogen (secondary N) is 9. The molecule has 118 heavy (non-hydrogen) atoms. The molecule has 1 aromatic rings. The third kappa shape index (κ3) is 116. The minimum absolute atomic E-state index is 0.106. The molecule has 0 atom stereocenters. The van der Waals surface area contributed by atoms with Crippen molar-refractivity contribution in [1.29, 1.82) is 0 Å². The molecule has 0 aliphatic carbocycles. The van der Waals surface area contributed by atoms with Crippen molar-refractivity contribution in [3.05, 3.63) is 21.7 Å². The number of hydrogen-bond donors (Lipinski definition) is 12. The minimum Gasteiger partial charge on any atom is -0.451 e. The van der Waals surface area contributed by atoms with E-state index in [9.17, 15) is 42.5 Å². The monoisotopic (exact) mass is 1730 g/mol. The van der Waals surface area contributed by atoms with Gasteiger partial charge in [0.25, 0.3) is 5.96 Å². The summed E-state index contributed by atoms with van der Waals surface area (Å²) >= 11 is 1.66. The number of anilines is 1. The first kappa shape index (κ1) is 127. The highest BCUT2D eigenvalue weighted by molar-refractivity contribution is 7.89. The fourth-order valence-electron chi connectivity index (χ4n) is 9.10. The summed E-state index contributed by atoms with van der Waals surface area (Å²) in [7, 11) is 6.77. The van der Waals surface area contributed by atoms with Crippen molar-refractivity contribution in [2.45, 2.75) is 323 Å². The van der Waals surface area contributed by atoms with E-state index >= 15 is 0 Å². The first-order chi connectivity index (χ1) is 53.8. The second kappa shape index (κ2) is 72.3. The molecule has 1 aromatic heterocycles. The molecule has 0 saturated heterocycles. The number of carbonyl (C=O) groups is 5. The number of ether oxygens (including phenoxy) is 1. The molecule has 0 bridgehead atoms. The lowest BCUT2D eigenvalue weighted by Crippen LogP contribution is -2.39. The molecule has 0 aromatic carbocycles. The summed E-state index contributed by atoms with van der Waals surface area (Å²) in [6, 6.07) is 0. The molecule has 0 aliphatic rings. The number of nitro groups is 1. The lowest BCUT2D eigenvalue weighted by molar-refractivity contribution is -0.485. The summed E-state index contributed by atoms with van der Waals surface area (Å²) in [4.78, 5) is 77.9. The van der Waals surface area contributed by atoms with Crippen molar-refractivity contribution in [2.75, 3.05) is 119 Å². The molecular weight excluding hydrogens is 1540 g/mol. The zero-order valence-electron chi connectivity index (χ0n) is 81.7. The van der Waals surface area contributed by atoms with Gasteiger partial charge in [-0.25, -0.2) is 33.4 Å². The Morgan fingerprint density at radius 1 is 0.568 bits per heavy atom. The van der Waals surface area contributed by atoms with Crippen molar-refractivity contribution in [3.63, 3.8) is 0 Å². The van der Waals surface area contributed by atoms with Gasteiger partial charge in [-0.2, -0.15) is 5.06 Å². The standard InChI is InChI=1S/C11H25N3O2S.C11H23NO.C10H23N3.C10H18N2S.C10H21NO.C9H19NO3.C9H19NO2.C8H18N4O2.C8H17NO2/c1-11(2,3)8-7-9-12-10(14(4)5)13-17(6,15)16;1-9(2)10(13)12-8-6-7-11(3,4)5;1-10(2,3)7-6-8-13-9(11-4)12-5;1-10(2,3)5-4-6-11-9-12-7-8-13-9;1-5-9(12)11-8-6-7-10(2,3)4;1-9(2,3)6-5-7-10(12)8(11)13-4;1-8(11)10(12)7-5-6-9(2,3)4;1-7(2)5-4-6-10-8(9-3)11-12(13)14;1-7(2)4-3-5-9-8(11)6-10/h7-9H2,1-6H3,(H,12,13);9H,6-8H2,1-5H3,(H,12,13);6-8H2,1-5H3,(H2,11,12,13);7-8H,4-6H2,1-3H3,(H,11,12);5-8H2,1-4H3,(H,11,12);12H,5-7H2,1-4H3;12H,5-7H2,1-4H3;7H,4-6H2,1-3H3,(H2,9,10,11);7,10H,3-6H2,1-2H3,(H,9,11). The molecule has 702 valence electrons. The first-order valence-electron chi connectivity index (χ1n) is 42.6. The van der Waals surface area contributed by atoms with Crippen LogP contribution in [0.4, 0.5) is 9.93 Å². The van der Waals surface area contributed by atoms with Crippen LogP contribution in [0.25, 0.3) is 0 Å². The van der Waals surface area contributed by atoms with E-state index < -0.39 is 27.8 Å². The van der Waals surface area contributed by atoms with Gasteiger partial charge in [0.2, 0.25) is 39.6 Å². The Morgan fingerprint density at radius 2 is 0.932 bits per heavy atom. The second-order valence-corrected chi connectivity index (χ2v) is 41.6. The van der Waals surface area contributed by atoms with Gasteiger partial charge in [0.05, 0.1) is 19.9 Å². The number of aliphatic imine (C=N–C) groups is 2. The Balaban J connectivity index is -0.000000193. The maximum absolute atomic E-state index is 11.2. The third-order valence-corrected chi connectivity index (χ3v) is 17.1. The highest BCUT2D eigenvalue weighted by Crippen LogP contribution is 2.25. The summed E-state index contributed by atoms with van der Waals surface area (Å²) < 4.78 is 29.0. The normalized spacial score (nSPS) is 11.8. The van der Waals surface area contributed by atoms with E-state index in [0.717, 1.165) is 138 Å². The predicted molar refractivity (Wildman–Crippen MR) is 497 cm³/mol. The van der Waals surface area contributed by atoms with Crippen LogP contribution in [0.5, 0.6) is 0 Å². The Bertz CT molecular complexity index is 2850. The Kier molecular flexibility index (Phi) is 77.9. The fourth-order valence-corrected chi connectivity index (χ4v) is 10.2. The summed E-state index contributed by atoms with van der Waals surface area (Å²) in [6.45, 7) is 67.9. The summed E-state index contributed by atoms with van der Waals surface area (Å²) in [5.41, 5.74) is 2.45. The molecule has 0 radical (unpaired) electrons. The van der Waals surface area contributed by atoms with Crippen molar-refractivity contribution >= 4 is 74.1 Å². The number of nitrogens with zero attached hydrogens (tertiary/aromatic N) is 8. The molecule has 1 rings (SSSR count). The fraction of sp³-hybridized carbons (Fsp3) is 0.872. The van der Waals surface area contributed by atoms with E-state index in [0.29, 0.717) is 83.7 Å². The van der Waals surface area contributed by atoms with Gasteiger partial charge in [-0.1, -0.05) is 194 Å². The average Bonchev–Trinajstić information content (AvgIpc) is 1.04. The van der Waals surface area contributed by atoms with Crippen LogP contribution in [0, 0.1) is 65.8 Å². The zero-order chi connectivity index (χ0) is 93.8. The number of rotatable bonds is 35. The molecular formula is C86H183N17O13S2. The highest BCUT2D eigenvalue weighted by atomic mass is 32.2. The number of guanidine groups is 3. The number of hydrogen-bond acceptors (Lipinski definition) is 18. The quantitative estimate of drug-likeness (QED) is 0.00750. The number of methoxy groups -OCH3 is 1. The summed E-state index contributed by atoms with van der Waals surface area (Å²) in [6.07, 6.45) is 22.0. The van der Waals surface area contributed by atoms with Gasteiger partial charge in [-0.3, -0.25) is 44.3 Å². The maximum atomic E-state index is 11.2. The number of aromatic nitrogens is 1. The van der Waals surface area contributed by atoms with Gasteiger partial charge < -0.3 is 57.3 Å². The predicted octanol–water partition coefficient (Wildman–Crippen LogP) is 16.8. The van der Waals surface area contributed by atoms with Crippen LogP contribution in [-0.2, 0) is 33.9 Å². The second-order valence-electron chi connectivity index (χ2n) is 39.0. The SMILES string of the molecule is CC(=O)N(O)CCCC(C)(C)C.CC(C)(C)CCCNc1nccs1.CC(C)C(=O)NCCCC(C)(C)C.CC(C)CCCNC(=O)CO.CCC(=O)NCCCC(C)(C)C.CN(C)C(=NCCCC(C)(C)C)NS(C)(=O)=O.CN/C(=N\[N+](=O)[O-])NCCCC(C)C.CN=C(NC)NCCCC(C)(C)C.COC(=O)N(O)CCCC(C)(C)C. The number of hydroxylamine groups is 4.